The Bertz CT molecular complexity index is 528. The first-order valence-corrected chi connectivity index (χ1v) is 9.28. The maximum absolute atomic E-state index is 11.9. The summed E-state index contributed by atoms with van der Waals surface area (Å²) in [6.45, 7) is 0.626. The third-order valence-electron chi connectivity index (χ3n) is 3.36. The molecule has 0 aromatic heterocycles. The number of nitrogens with one attached hydrogen (secondary N) is 2. The Kier molecular flexibility index (Phi) is 15.4. The second kappa shape index (κ2) is 16.6. The number of hydrogen-bond donors (Lipinski definition) is 3. The van der Waals surface area contributed by atoms with Crippen LogP contribution in [0, 0.1) is 0 Å². The molecule has 0 aromatic rings. The lowest BCUT2D eigenvalue weighted by atomic mass is 10.1. The van der Waals surface area contributed by atoms with Crippen LogP contribution in [-0.4, -0.2) is 44.6 Å². The van der Waals surface area contributed by atoms with E-state index in [-0.39, 0.29) is 17.6 Å². The van der Waals surface area contributed by atoms with Crippen molar-refractivity contribution < 1.29 is 19.1 Å². The van der Waals surface area contributed by atoms with Crippen molar-refractivity contribution in [3.8, 4) is 0 Å². The molecular formula is C19H30N2O4S. The third kappa shape index (κ3) is 13.4. The fraction of sp³-hybridized carbons (Fsp3) is 0.526. The van der Waals surface area contributed by atoms with E-state index in [1.165, 1.54) is 0 Å². The van der Waals surface area contributed by atoms with Gasteiger partial charge in [0.15, 0.2) is 0 Å². The monoisotopic (exact) mass is 382 g/mol. The molecule has 0 atom stereocenters. The molecule has 146 valence electrons. The zero-order chi connectivity index (χ0) is 19.6. The van der Waals surface area contributed by atoms with Gasteiger partial charge in [0.2, 0.25) is 11.8 Å². The molecule has 0 bridgehead atoms. The summed E-state index contributed by atoms with van der Waals surface area (Å²) in [7, 11) is 3.25. The van der Waals surface area contributed by atoms with Crippen molar-refractivity contribution in [3.05, 3.63) is 35.6 Å². The fourth-order valence-electron chi connectivity index (χ4n) is 2.12. The number of thiol groups is 1. The second-order valence-corrected chi connectivity index (χ2v) is 6.00. The van der Waals surface area contributed by atoms with Crippen LogP contribution in [0.3, 0.4) is 0 Å². The smallest absolute Gasteiger partial charge is 0.229 e. The number of hydrogen-bond acceptors (Lipinski definition) is 5. The maximum Gasteiger partial charge on any atom is 0.229 e. The summed E-state index contributed by atoms with van der Waals surface area (Å²) in [5.74, 6) is 0.132. The van der Waals surface area contributed by atoms with Crippen molar-refractivity contribution in [2.45, 2.75) is 38.5 Å². The molecule has 0 spiro atoms. The Morgan fingerprint density at radius 1 is 1.23 bits per heavy atom. The van der Waals surface area contributed by atoms with E-state index in [0.29, 0.717) is 25.8 Å². The molecule has 1 aliphatic carbocycles. The van der Waals surface area contributed by atoms with Gasteiger partial charge in [-0.15, -0.1) is 0 Å². The van der Waals surface area contributed by atoms with Crippen molar-refractivity contribution in [3.63, 3.8) is 0 Å². The van der Waals surface area contributed by atoms with Crippen LogP contribution in [0.15, 0.2) is 35.6 Å². The minimum absolute atomic E-state index is 0.00344. The Morgan fingerprint density at radius 2 is 1.96 bits per heavy atom. The number of methoxy groups -OCH3 is 1. The lowest BCUT2D eigenvalue weighted by Crippen LogP contribution is -2.25. The van der Waals surface area contributed by atoms with Crippen molar-refractivity contribution in [1.82, 2.24) is 10.6 Å². The Labute approximate surface area is 161 Å². The second-order valence-electron chi connectivity index (χ2n) is 5.68. The molecule has 0 saturated heterocycles. The zero-order valence-corrected chi connectivity index (χ0v) is 16.5. The van der Waals surface area contributed by atoms with E-state index in [9.17, 15) is 14.4 Å². The summed E-state index contributed by atoms with van der Waals surface area (Å²) >= 11 is 3.88. The molecule has 0 unspecified atom stereocenters. The average molecular weight is 383 g/mol. The van der Waals surface area contributed by atoms with Crippen LogP contribution >= 0.6 is 12.6 Å². The normalized spacial score (nSPS) is 12.7. The summed E-state index contributed by atoms with van der Waals surface area (Å²) in [4.78, 5) is 33.4. The van der Waals surface area contributed by atoms with Crippen LogP contribution in [0.4, 0.5) is 0 Å². The highest BCUT2D eigenvalue weighted by Crippen LogP contribution is 2.12. The largest absolute Gasteiger partial charge is 0.388 e. The van der Waals surface area contributed by atoms with Crippen LogP contribution in [0.25, 0.3) is 0 Å². The van der Waals surface area contributed by atoms with E-state index in [0.717, 1.165) is 36.8 Å². The molecule has 1 aliphatic rings. The topological polar surface area (TPSA) is 84.5 Å². The average Bonchev–Trinajstić information content (AvgIpc) is 2.84. The molecule has 7 heteroatoms. The summed E-state index contributed by atoms with van der Waals surface area (Å²) in [6.07, 6.45) is 12.4. The predicted octanol–water partition coefficient (Wildman–Crippen LogP) is 2.33. The van der Waals surface area contributed by atoms with E-state index in [4.69, 9.17) is 0 Å². The number of aldehydes is 1. The first kappa shape index (κ1) is 24.1. The van der Waals surface area contributed by atoms with Gasteiger partial charge in [-0.2, -0.15) is 12.6 Å². The molecule has 0 saturated carbocycles. The first-order valence-electron chi connectivity index (χ1n) is 8.64. The highest BCUT2D eigenvalue weighted by Gasteiger charge is 2.05. The van der Waals surface area contributed by atoms with Crippen molar-refractivity contribution in [2.24, 2.45) is 0 Å². The van der Waals surface area contributed by atoms with E-state index >= 15 is 0 Å². The van der Waals surface area contributed by atoms with Crippen molar-refractivity contribution >= 4 is 30.7 Å². The number of allylic oxidation sites excluding steroid dienone is 5. The summed E-state index contributed by atoms with van der Waals surface area (Å²) in [6, 6.07) is 0. The Hall–Kier alpha value is -1.86. The van der Waals surface area contributed by atoms with Gasteiger partial charge in [0.05, 0.1) is 5.75 Å². The van der Waals surface area contributed by atoms with Gasteiger partial charge in [-0.3, -0.25) is 9.59 Å². The minimum atomic E-state index is -0.0681. The lowest BCUT2D eigenvalue weighted by Gasteiger charge is -2.07. The quantitative estimate of drug-likeness (QED) is 0.308. The molecule has 0 aliphatic heterocycles. The summed E-state index contributed by atoms with van der Waals surface area (Å²) in [5, 5.41) is 5.64. The van der Waals surface area contributed by atoms with Crippen LogP contribution < -0.4 is 10.6 Å². The standard InChI is InChI=1S/C17H24N2O3S.C2H6O/c20-12-10-14-5-4-6-15(9-8-14)19-16(21)7-2-1-3-11-18-17(22)13-23;1-3-2/h4-6,8,12,23H,1-3,7,9-11,13H2,(H,18,22)(H,19,21);1-2H3. The number of rotatable bonds is 10. The third-order valence-corrected chi connectivity index (χ3v) is 3.64. The van der Waals surface area contributed by atoms with Crippen molar-refractivity contribution in [2.75, 3.05) is 26.5 Å². The number of ether oxygens (including phenoxy) is 1. The van der Waals surface area contributed by atoms with E-state index in [1.807, 2.05) is 24.3 Å². The van der Waals surface area contributed by atoms with Crippen molar-refractivity contribution in [1.29, 1.82) is 0 Å². The number of carbonyl (C=O) groups excluding carboxylic acids is 3. The van der Waals surface area contributed by atoms with Gasteiger partial charge in [-0.05, 0) is 24.5 Å². The Balaban J connectivity index is 0.00000194. The van der Waals surface area contributed by atoms with Gasteiger partial charge in [0.1, 0.15) is 6.29 Å². The maximum atomic E-state index is 11.9. The zero-order valence-electron chi connectivity index (χ0n) is 15.6. The SMILES string of the molecule is COC.O=CCC1=CCC(NC(=O)CCCCCNC(=O)CS)=CC=C1. The molecule has 6 nitrogen and oxygen atoms in total. The van der Waals surface area contributed by atoms with Gasteiger partial charge in [-0.1, -0.05) is 24.6 Å². The molecule has 1 rings (SSSR count). The van der Waals surface area contributed by atoms with Gasteiger partial charge >= 0.3 is 0 Å². The molecule has 2 amide bonds. The fourth-order valence-corrected chi connectivity index (χ4v) is 2.23. The predicted molar refractivity (Wildman–Crippen MR) is 107 cm³/mol. The molecule has 0 aromatic carbocycles. The van der Waals surface area contributed by atoms with E-state index in [2.05, 4.69) is 28.0 Å². The van der Waals surface area contributed by atoms with Crippen LogP contribution in [0.5, 0.6) is 0 Å². The van der Waals surface area contributed by atoms with Gasteiger partial charge in [0, 0.05) is 45.7 Å². The van der Waals surface area contributed by atoms with Crippen LogP contribution in [-0.2, 0) is 19.1 Å². The number of unbranched alkanes of at least 4 members (excludes halogenated alkanes) is 2. The lowest BCUT2D eigenvalue weighted by molar-refractivity contribution is -0.121. The molecule has 0 fully saturated rings. The molecule has 2 N–H and O–H groups in total. The first-order chi connectivity index (χ1) is 12.6. The Morgan fingerprint density at radius 3 is 2.62 bits per heavy atom. The minimum Gasteiger partial charge on any atom is -0.388 e. The molecule has 0 heterocycles. The van der Waals surface area contributed by atoms with Gasteiger partial charge in [-0.25, -0.2) is 0 Å². The van der Waals surface area contributed by atoms with Gasteiger partial charge in [0.25, 0.3) is 0 Å². The van der Waals surface area contributed by atoms with Gasteiger partial charge < -0.3 is 20.2 Å². The highest BCUT2D eigenvalue weighted by atomic mass is 32.1. The summed E-state index contributed by atoms with van der Waals surface area (Å²) < 4.78 is 4.25. The number of amides is 2. The molecular weight excluding hydrogens is 352 g/mol. The van der Waals surface area contributed by atoms with Crippen LogP contribution in [0.1, 0.15) is 38.5 Å². The number of carbonyl (C=O) groups is 3. The summed E-state index contributed by atoms with van der Waals surface area (Å²) in [5.41, 5.74) is 1.80. The van der Waals surface area contributed by atoms with Crippen LogP contribution in [0.2, 0.25) is 0 Å². The molecule has 26 heavy (non-hydrogen) atoms. The van der Waals surface area contributed by atoms with E-state index in [1.54, 1.807) is 14.2 Å². The highest BCUT2D eigenvalue weighted by molar-refractivity contribution is 7.81. The van der Waals surface area contributed by atoms with E-state index < -0.39 is 0 Å². The molecule has 0 radical (unpaired) electrons.